The summed E-state index contributed by atoms with van der Waals surface area (Å²) in [7, 11) is 0. The molecule has 34 heavy (non-hydrogen) atoms. The number of imidazole rings is 1. The van der Waals surface area contributed by atoms with Gasteiger partial charge in [-0.2, -0.15) is 0 Å². The molecule has 4 atom stereocenters. The van der Waals surface area contributed by atoms with E-state index in [1.165, 1.54) is 12.5 Å². The molecule has 0 saturated heterocycles. The molecule has 0 radical (unpaired) electrons. The molecule has 0 fully saturated rings. The molecule has 1 heterocycles. The zero-order valence-electron chi connectivity index (χ0n) is 19.1. The second-order valence-electron chi connectivity index (χ2n) is 8.23. The number of nitrogens with one attached hydrogen (secondary N) is 4. The van der Waals surface area contributed by atoms with Gasteiger partial charge in [-0.1, -0.05) is 13.8 Å². The average molecular weight is 484 g/mol. The highest BCUT2D eigenvalue weighted by Gasteiger charge is 2.30. The van der Waals surface area contributed by atoms with E-state index < -0.39 is 60.4 Å². The minimum Gasteiger partial charge on any atom is -0.480 e. The molecular formula is C20H33N7O7. The number of amides is 4. The zero-order chi connectivity index (χ0) is 25.8. The molecule has 4 unspecified atom stereocenters. The first-order valence-corrected chi connectivity index (χ1v) is 10.7. The summed E-state index contributed by atoms with van der Waals surface area (Å²) in [5.41, 5.74) is 11.7. The van der Waals surface area contributed by atoms with Gasteiger partial charge in [-0.15, -0.1) is 0 Å². The van der Waals surface area contributed by atoms with E-state index in [4.69, 9.17) is 21.7 Å². The second kappa shape index (κ2) is 13.9. The molecule has 0 aliphatic heterocycles. The van der Waals surface area contributed by atoms with E-state index >= 15 is 0 Å². The number of carboxylic acid groups (broad SMARTS) is 1. The maximum absolute atomic E-state index is 13.0. The Bertz CT molecular complexity index is 844. The highest BCUT2D eigenvalue weighted by Crippen LogP contribution is 2.08. The van der Waals surface area contributed by atoms with Crippen molar-refractivity contribution in [2.75, 3.05) is 6.61 Å². The van der Waals surface area contributed by atoms with Gasteiger partial charge in [-0.3, -0.25) is 19.2 Å². The highest BCUT2D eigenvalue weighted by molar-refractivity contribution is 5.94. The lowest BCUT2D eigenvalue weighted by Crippen LogP contribution is -2.58. The maximum atomic E-state index is 13.0. The Morgan fingerprint density at radius 2 is 1.62 bits per heavy atom. The number of hydrogen-bond acceptors (Lipinski definition) is 8. The van der Waals surface area contributed by atoms with E-state index in [0.29, 0.717) is 5.69 Å². The number of carbonyl (C=O) groups is 5. The first-order valence-electron chi connectivity index (χ1n) is 10.7. The average Bonchev–Trinajstić information content (AvgIpc) is 3.26. The van der Waals surface area contributed by atoms with Crippen molar-refractivity contribution in [2.45, 2.75) is 63.7 Å². The number of rotatable bonds is 15. The Labute approximate surface area is 196 Å². The summed E-state index contributed by atoms with van der Waals surface area (Å²) in [5, 5.41) is 25.3. The molecule has 14 nitrogen and oxygen atoms in total. The van der Waals surface area contributed by atoms with Crippen LogP contribution in [0, 0.1) is 5.92 Å². The van der Waals surface area contributed by atoms with Crippen LogP contribution in [0.25, 0.3) is 0 Å². The van der Waals surface area contributed by atoms with Gasteiger partial charge in [0.2, 0.25) is 23.6 Å². The van der Waals surface area contributed by atoms with Crippen molar-refractivity contribution in [3.63, 3.8) is 0 Å². The fourth-order valence-electron chi connectivity index (χ4n) is 2.99. The predicted molar refractivity (Wildman–Crippen MR) is 119 cm³/mol. The number of H-pyrrole nitrogens is 1. The monoisotopic (exact) mass is 483 g/mol. The van der Waals surface area contributed by atoms with E-state index in [9.17, 15) is 24.0 Å². The van der Waals surface area contributed by atoms with Gasteiger partial charge in [0.25, 0.3) is 0 Å². The number of carboxylic acids is 1. The van der Waals surface area contributed by atoms with Gasteiger partial charge in [0.1, 0.15) is 18.1 Å². The number of hydrogen-bond donors (Lipinski definition) is 8. The number of aliphatic carboxylic acids is 1. The number of nitrogens with zero attached hydrogens (tertiary/aromatic N) is 1. The number of primary amides is 1. The third-order valence-electron chi connectivity index (χ3n) is 4.78. The van der Waals surface area contributed by atoms with Gasteiger partial charge >= 0.3 is 5.97 Å². The van der Waals surface area contributed by atoms with E-state index in [2.05, 4.69) is 25.9 Å². The van der Waals surface area contributed by atoms with Crippen LogP contribution in [0.3, 0.4) is 0 Å². The first kappa shape index (κ1) is 28.5. The summed E-state index contributed by atoms with van der Waals surface area (Å²) in [6.45, 7) is 2.78. The Morgan fingerprint density at radius 3 is 2.12 bits per heavy atom. The molecular weight excluding hydrogens is 450 g/mol. The van der Waals surface area contributed by atoms with Gasteiger partial charge < -0.3 is 42.6 Å². The van der Waals surface area contributed by atoms with E-state index in [0.717, 1.165) is 0 Å². The quantitative estimate of drug-likeness (QED) is 0.127. The van der Waals surface area contributed by atoms with Gasteiger partial charge in [-0.05, 0) is 18.8 Å². The van der Waals surface area contributed by atoms with Crippen molar-refractivity contribution < 1.29 is 34.2 Å². The number of aliphatic hydroxyl groups excluding tert-OH is 1. The molecule has 0 spiro atoms. The Kier molecular flexibility index (Phi) is 11.7. The second-order valence-corrected chi connectivity index (χ2v) is 8.23. The maximum Gasteiger partial charge on any atom is 0.328 e. The lowest BCUT2D eigenvalue weighted by atomic mass is 10.0. The van der Waals surface area contributed by atoms with Crippen molar-refractivity contribution in [3.05, 3.63) is 18.2 Å². The molecule has 0 aromatic carbocycles. The molecule has 1 aromatic rings. The standard InChI is InChI=1S/C20H33N7O7/c1-10(2)5-14(26-17(30)12(21)6-11-7-23-9-24-11)19(32)25-13(3-4-16(22)29)18(31)27-15(8-28)20(33)34/h7,9-10,12-15,28H,3-6,8,21H2,1-2H3,(H2,22,29)(H,23,24)(H,25,32)(H,26,30)(H,27,31)(H,33,34). The number of carbonyl (C=O) groups excluding carboxylic acids is 4. The SMILES string of the molecule is CC(C)CC(NC(=O)C(N)Cc1cnc[nH]1)C(=O)NC(CCC(N)=O)C(=O)NC(CO)C(=O)O. The summed E-state index contributed by atoms with van der Waals surface area (Å²) in [6.07, 6.45) is 2.84. The van der Waals surface area contributed by atoms with E-state index in [1.54, 1.807) is 0 Å². The van der Waals surface area contributed by atoms with Crippen LogP contribution in [0.5, 0.6) is 0 Å². The topological polar surface area (TPSA) is 243 Å². The highest BCUT2D eigenvalue weighted by atomic mass is 16.4. The van der Waals surface area contributed by atoms with Gasteiger partial charge in [0, 0.05) is 24.7 Å². The molecule has 10 N–H and O–H groups in total. The Balaban J connectivity index is 2.93. The summed E-state index contributed by atoms with van der Waals surface area (Å²) >= 11 is 0. The van der Waals surface area contributed by atoms with Crippen LogP contribution >= 0.6 is 0 Å². The normalized spacial score (nSPS) is 14.5. The van der Waals surface area contributed by atoms with Gasteiger partial charge in [-0.25, -0.2) is 9.78 Å². The molecule has 0 aliphatic rings. The van der Waals surface area contributed by atoms with Crippen LogP contribution in [0.4, 0.5) is 0 Å². The van der Waals surface area contributed by atoms with Crippen molar-refractivity contribution in [1.29, 1.82) is 0 Å². The zero-order valence-corrected chi connectivity index (χ0v) is 19.1. The fourth-order valence-corrected chi connectivity index (χ4v) is 2.99. The Hall–Kier alpha value is -3.52. The molecule has 0 aliphatic carbocycles. The fraction of sp³-hybridized carbons (Fsp3) is 0.600. The number of nitrogens with two attached hydrogens (primary N) is 2. The Morgan fingerprint density at radius 1 is 1.03 bits per heavy atom. The molecule has 4 amide bonds. The molecule has 1 aromatic heterocycles. The molecule has 0 bridgehead atoms. The van der Waals surface area contributed by atoms with Crippen LogP contribution in [0.1, 0.15) is 38.8 Å². The third kappa shape index (κ3) is 9.95. The van der Waals surface area contributed by atoms with E-state index in [1.807, 2.05) is 13.8 Å². The summed E-state index contributed by atoms with van der Waals surface area (Å²) in [5.74, 6) is -4.49. The first-order chi connectivity index (χ1) is 15.9. The van der Waals surface area contributed by atoms with Crippen molar-refractivity contribution in [1.82, 2.24) is 25.9 Å². The van der Waals surface area contributed by atoms with Crippen LogP contribution in [0.15, 0.2) is 12.5 Å². The van der Waals surface area contributed by atoms with Gasteiger partial charge in [0.15, 0.2) is 0 Å². The van der Waals surface area contributed by atoms with E-state index in [-0.39, 0.29) is 31.6 Å². The lowest BCUT2D eigenvalue weighted by molar-refractivity contribution is -0.143. The number of aromatic amines is 1. The van der Waals surface area contributed by atoms with Crippen LogP contribution < -0.4 is 27.4 Å². The van der Waals surface area contributed by atoms with Crippen LogP contribution in [0.2, 0.25) is 0 Å². The number of aliphatic hydroxyl groups is 1. The third-order valence-corrected chi connectivity index (χ3v) is 4.78. The van der Waals surface area contributed by atoms with Crippen LogP contribution in [-0.2, 0) is 30.4 Å². The van der Waals surface area contributed by atoms with Crippen LogP contribution in [-0.4, -0.2) is 80.6 Å². The minimum atomic E-state index is -1.60. The molecule has 14 heteroatoms. The number of aromatic nitrogens is 2. The largest absolute Gasteiger partial charge is 0.480 e. The van der Waals surface area contributed by atoms with Gasteiger partial charge in [0.05, 0.1) is 19.0 Å². The summed E-state index contributed by atoms with van der Waals surface area (Å²) in [6, 6.07) is -4.97. The minimum absolute atomic E-state index is 0.0245. The van der Waals surface area contributed by atoms with Crippen molar-refractivity contribution in [3.8, 4) is 0 Å². The molecule has 190 valence electrons. The van der Waals surface area contributed by atoms with Crippen molar-refractivity contribution in [2.24, 2.45) is 17.4 Å². The summed E-state index contributed by atoms with van der Waals surface area (Å²) in [4.78, 5) is 67.1. The van der Waals surface area contributed by atoms with Crippen molar-refractivity contribution >= 4 is 29.6 Å². The predicted octanol–water partition coefficient (Wildman–Crippen LogP) is -2.88. The molecule has 0 saturated carbocycles. The lowest BCUT2D eigenvalue weighted by Gasteiger charge is -2.25. The smallest absolute Gasteiger partial charge is 0.328 e. The molecule has 1 rings (SSSR count). The summed E-state index contributed by atoms with van der Waals surface area (Å²) < 4.78 is 0.